The smallest absolute Gasteiger partial charge is 0.384 e. The van der Waals surface area contributed by atoms with Crippen LogP contribution >= 0.6 is 11.6 Å². The Balaban J connectivity index is 1.63. The Bertz CT molecular complexity index is 2340. The van der Waals surface area contributed by atoms with E-state index in [9.17, 15) is 31.2 Å². The highest BCUT2D eigenvalue weighted by atomic mass is 35.5. The summed E-state index contributed by atoms with van der Waals surface area (Å²) in [5.74, 6) is -2.19. The van der Waals surface area contributed by atoms with Crippen molar-refractivity contribution >= 4 is 49.8 Å². The Kier molecular flexibility index (Phi) is 8.84. The number of halogens is 5. The Labute approximate surface area is 301 Å². The molecule has 0 atom stereocenters. The number of nitrogen functional groups attached to an aromatic ring is 1. The molecule has 1 aromatic carbocycles. The number of carbonyl (C=O) groups excluding carboxylic acids is 1. The minimum absolute atomic E-state index is 0.0502. The van der Waals surface area contributed by atoms with E-state index in [2.05, 4.69) is 15.0 Å². The third-order valence-electron chi connectivity index (χ3n) is 9.66. The van der Waals surface area contributed by atoms with Crippen LogP contribution in [0.15, 0.2) is 40.3 Å². The number of rotatable bonds is 7. The summed E-state index contributed by atoms with van der Waals surface area (Å²) >= 11 is 6.74. The Hall–Kier alpha value is -4.57. The number of anilines is 2. The highest BCUT2D eigenvalue weighted by molar-refractivity contribution is 7.90. The molecule has 7 rings (SSSR count). The number of carbonyl (C=O) groups is 1. The topological polar surface area (TPSA) is 144 Å². The van der Waals surface area contributed by atoms with Gasteiger partial charge in [-0.05, 0) is 63.3 Å². The van der Waals surface area contributed by atoms with Gasteiger partial charge in [0.25, 0.3) is 5.56 Å². The number of pyridine rings is 2. The lowest BCUT2D eigenvalue weighted by molar-refractivity contribution is -0.137. The Morgan fingerprint density at radius 2 is 1.62 bits per heavy atom. The molecule has 1 amide bonds. The summed E-state index contributed by atoms with van der Waals surface area (Å²) in [7, 11) is -4.38. The highest BCUT2D eigenvalue weighted by Gasteiger charge is 2.41. The molecule has 3 aliphatic rings. The summed E-state index contributed by atoms with van der Waals surface area (Å²) in [5.41, 5.74) is 1.80. The van der Waals surface area contributed by atoms with Crippen molar-refractivity contribution in [2.75, 3.05) is 43.1 Å². The van der Waals surface area contributed by atoms with Crippen LogP contribution in [0.1, 0.15) is 67.0 Å². The van der Waals surface area contributed by atoms with Gasteiger partial charge < -0.3 is 15.5 Å². The van der Waals surface area contributed by atoms with Crippen LogP contribution in [-0.4, -0.2) is 71.2 Å². The zero-order valence-electron chi connectivity index (χ0n) is 28.4. The lowest BCUT2D eigenvalue weighted by Crippen LogP contribution is -2.49. The van der Waals surface area contributed by atoms with Gasteiger partial charge in [-0.2, -0.15) is 13.2 Å². The number of aryl methyl sites for hydroxylation is 1. The van der Waals surface area contributed by atoms with Crippen LogP contribution in [0.4, 0.5) is 29.1 Å². The van der Waals surface area contributed by atoms with Crippen molar-refractivity contribution < 1.29 is 30.8 Å². The van der Waals surface area contributed by atoms with Crippen molar-refractivity contribution in [3.8, 4) is 16.9 Å². The van der Waals surface area contributed by atoms with Crippen molar-refractivity contribution in [3.63, 3.8) is 0 Å². The van der Waals surface area contributed by atoms with Gasteiger partial charge in [-0.3, -0.25) is 14.2 Å². The molecule has 4 aromatic rings. The summed E-state index contributed by atoms with van der Waals surface area (Å²) in [6.45, 7) is 3.23. The molecule has 4 heterocycles. The van der Waals surface area contributed by atoms with Crippen LogP contribution in [0, 0.1) is 12.7 Å². The van der Waals surface area contributed by atoms with Gasteiger partial charge in [-0.1, -0.05) is 17.7 Å². The molecule has 0 spiro atoms. The summed E-state index contributed by atoms with van der Waals surface area (Å²) in [4.78, 5) is 42.9. The zero-order valence-corrected chi connectivity index (χ0v) is 30.0. The van der Waals surface area contributed by atoms with Crippen LogP contribution in [0.25, 0.3) is 27.8 Å². The number of benzene rings is 1. The molecular weight excluding hydrogens is 726 g/mol. The first-order valence-corrected chi connectivity index (χ1v) is 19.0. The second-order valence-corrected chi connectivity index (χ2v) is 15.8. The minimum atomic E-state index is -5.01. The number of amides is 1. The molecule has 1 aliphatic heterocycles. The molecule has 11 nitrogen and oxygen atoms in total. The van der Waals surface area contributed by atoms with Crippen LogP contribution < -0.4 is 16.2 Å². The number of aromatic nitrogens is 4. The number of alkyl halides is 3. The molecule has 52 heavy (non-hydrogen) atoms. The van der Waals surface area contributed by atoms with E-state index in [0.717, 1.165) is 23.8 Å². The van der Waals surface area contributed by atoms with Crippen molar-refractivity contribution in [1.29, 1.82) is 0 Å². The molecular formula is C35H34ClF4N7O4S. The maximum atomic E-state index is 17.7. The second-order valence-electron chi connectivity index (χ2n) is 13.5. The Morgan fingerprint density at radius 1 is 1.02 bits per heavy atom. The van der Waals surface area contributed by atoms with Gasteiger partial charge in [0, 0.05) is 49.7 Å². The van der Waals surface area contributed by atoms with E-state index in [-0.39, 0.29) is 72.1 Å². The number of nitrogens with zero attached hydrogens (tertiary/aromatic N) is 6. The minimum Gasteiger partial charge on any atom is -0.384 e. The molecule has 274 valence electrons. The van der Waals surface area contributed by atoms with Crippen LogP contribution in [-0.2, 0) is 20.8 Å². The van der Waals surface area contributed by atoms with E-state index >= 15 is 4.39 Å². The number of hydrogen-bond acceptors (Lipinski definition) is 9. The Morgan fingerprint density at radius 3 is 2.13 bits per heavy atom. The maximum Gasteiger partial charge on any atom is 0.418 e. The third-order valence-corrected chi connectivity index (χ3v) is 11.1. The van der Waals surface area contributed by atoms with Gasteiger partial charge in [0.15, 0.2) is 20.5 Å². The van der Waals surface area contributed by atoms with Gasteiger partial charge in [-0.15, -0.1) is 0 Å². The number of nitrogens with two attached hydrogens (primary N) is 1. The van der Waals surface area contributed by atoms with E-state index in [1.165, 1.54) is 18.5 Å². The number of hydrogen-bond donors (Lipinski definition) is 1. The average molecular weight is 760 g/mol. The van der Waals surface area contributed by atoms with Crippen molar-refractivity contribution in [3.05, 3.63) is 74.3 Å². The SMILES string of the molecule is C/C=C/C(=O)N1CCN(c2c(S(C)(=O)=O)c(=O)n(-c3c(C4CC4)ncnc3C3CC3)c3c(F)c(-c4nc(N)cc(C)c4C(F)(F)F)c(Cl)cc23)CC1. The van der Waals surface area contributed by atoms with E-state index < -0.39 is 59.6 Å². The fourth-order valence-electron chi connectivity index (χ4n) is 7.10. The molecule has 0 radical (unpaired) electrons. The first-order valence-electron chi connectivity index (χ1n) is 16.7. The van der Waals surface area contributed by atoms with Gasteiger partial charge in [0.2, 0.25) is 5.91 Å². The van der Waals surface area contributed by atoms with Gasteiger partial charge >= 0.3 is 6.18 Å². The summed E-state index contributed by atoms with van der Waals surface area (Å²) in [6.07, 6.45) is 3.00. The largest absolute Gasteiger partial charge is 0.418 e. The molecule has 1 saturated heterocycles. The fraction of sp³-hybridized carbons (Fsp3) is 0.400. The summed E-state index contributed by atoms with van der Waals surface area (Å²) < 4.78 is 90.0. The molecule has 0 unspecified atom stereocenters. The van der Waals surface area contributed by atoms with E-state index in [1.54, 1.807) is 22.8 Å². The third kappa shape index (κ3) is 6.18. The van der Waals surface area contributed by atoms with Crippen LogP contribution in [0.3, 0.4) is 0 Å². The van der Waals surface area contributed by atoms with Crippen molar-refractivity contribution in [2.24, 2.45) is 0 Å². The number of sulfone groups is 1. The number of piperazine rings is 1. The van der Waals surface area contributed by atoms with Gasteiger partial charge in [0.1, 0.15) is 12.1 Å². The standard InChI is InChI=1S/C35H34ClF4N7O4S/c1-4-5-23(48)45-10-12-46(13-11-45)31-20-15-21(36)24(29-25(35(38,39)40)17(2)14-22(41)44-29)26(37)30(20)47(34(49)33(31)52(3,50)51)32-27(18-6-7-18)42-16-43-28(32)19-8-9-19/h4-5,14-16,18-19H,6-13H2,1-3H3,(H2,41,44)/b5-4+. The quantitative estimate of drug-likeness (QED) is 0.179. The summed E-state index contributed by atoms with van der Waals surface area (Å²) in [5, 5.41) is -0.657. The van der Waals surface area contributed by atoms with Crippen molar-refractivity contribution in [2.45, 2.75) is 62.4 Å². The number of fused-ring (bicyclic) bond motifs is 1. The van der Waals surface area contributed by atoms with Crippen LogP contribution in [0.2, 0.25) is 5.02 Å². The lowest BCUT2D eigenvalue weighted by atomic mass is 9.97. The second kappa shape index (κ2) is 12.8. The summed E-state index contributed by atoms with van der Waals surface area (Å²) in [6, 6.07) is 2.18. The normalized spacial score (nSPS) is 17.1. The molecule has 3 fully saturated rings. The molecule has 2 aliphatic carbocycles. The van der Waals surface area contributed by atoms with Gasteiger partial charge in [-0.25, -0.2) is 27.8 Å². The van der Waals surface area contributed by atoms with E-state index in [1.807, 2.05) is 0 Å². The molecule has 17 heteroatoms. The monoisotopic (exact) mass is 759 g/mol. The average Bonchev–Trinajstić information content (AvgIpc) is 3.98. The number of allylic oxidation sites excluding steroid dienone is 1. The predicted octanol–water partition coefficient (Wildman–Crippen LogP) is 5.93. The van der Waals surface area contributed by atoms with Crippen LogP contribution in [0.5, 0.6) is 0 Å². The molecule has 0 bridgehead atoms. The van der Waals surface area contributed by atoms with E-state index in [4.69, 9.17) is 17.3 Å². The van der Waals surface area contributed by atoms with Gasteiger partial charge in [0.05, 0.1) is 50.1 Å². The highest BCUT2D eigenvalue weighted by Crippen LogP contribution is 2.50. The molecule has 3 aromatic heterocycles. The first kappa shape index (κ1) is 35.8. The first-order chi connectivity index (χ1) is 24.5. The zero-order chi connectivity index (χ0) is 37.4. The lowest BCUT2D eigenvalue weighted by Gasteiger charge is -2.37. The maximum absolute atomic E-state index is 17.7. The predicted molar refractivity (Wildman–Crippen MR) is 188 cm³/mol. The van der Waals surface area contributed by atoms with Crippen molar-refractivity contribution in [1.82, 2.24) is 24.4 Å². The van der Waals surface area contributed by atoms with E-state index in [0.29, 0.717) is 37.1 Å². The molecule has 2 saturated carbocycles. The fourth-order valence-corrected chi connectivity index (χ4v) is 8.38. The molecule has 2 N–H and O–H groups in total.